The van der Waals surface area contributed by atoms with E-state index in [0.717, 1.165) is 30.1 Å². The number of fused-ring (bicyclic) bond motifs is 2. The fraction of sp³-hybridized carbons (Fsp3) is 1.00. The Kier molecular flexibility index (Phi) is 3.16. The predicted molar refractivity (Wildman–Crippen MR) is 88.4 cm³/mol. The molecule has 1 heterocycles. The molecule has 0 amide bonds. The molecule has 4 aliphatic rings. The average Bonchev–Trinajstić information content (AvgIpc) is 2.94. The zero-order valence-electron chi connectivity index (χ0n) is 15.3. The molecule has 3 aliphatic carbocycles. The van der Waals surface area contributed by atoms with Gasteiger partial charge in [0.15, 0.2) is 5.79 Å². The first-order valence-corrected chi connectivity index (χ1v) is 9.53. The number of rotatable bonds is 1. The van der Waals surface area contributed by atoms with E-state index in [2.05, 4.69) is 41.5 Å². The summed E-state index contributed by atoms with van der Waals surface area (Å²) >= 11 is 0. The molecule has 2 nitrogen and oxygen atoms in total. The molecule has 2 heteroatoms. The van der Waals surface area contributed by atoms with Gasteiger partial charge in [-0.1, -0.05) is 34.1 Å². The zero-order chi connectivity index (χ0) is 15.9. The van der Waals surface area contributed by atoms with Crippen LogP contribution in [0.4, 0.5) is 0 Å². The molecular formula is C20H34O2. The molecular weight excluding hydrogens is 272 g/mol. The maximum Gasteiger partial charge on any atom is 0.169 e. The first-order chi connectivity index (χ1) is 10.1. The van der Waals surface area contributed by atoms with Crippen molar-refractivity contribution in [1.82, 2.24) is 0 Å². The number of hydrogen-bond donors (Lipinski definition) is 0. The van der Waals surface area contributed by atoms with E-state index in [1.807, 2.05) is 0 Å². The second-order valence-corrected chi connectivity index (χ2v) is 10.1. The third kappa shape index (κ3) is 2.13. The van der Waals surface area contributed by atoms with Gasteiger partial charge in [0.2, 0.25) is 0 Å². The van der Waals surface area contributed by atoms with E-state index in [-0.39, 0.29) is 11.4 Å². The van der Waals surface area contributed by atoms with Crippen molar-refractivity contribution in [3.63, 3.8) is 0 Å². The number of ether oxygens (including phenoxy) is 2. The molecule has 4 fully saturated rings. The van der Waals surface area contributed by atoms with Crippen molar-refractivity contribution in [2.75, 3.05) is 0 Å². The molecule has 8 atom stereocenters. The molecule has 0 N–H and O–H groups in total. The Balaban J connectivity index is 1.65. The summed E-state index contributed by atoms with van der Waals surface area (Å²) in [5.74, 6) is 3.57. The van der Waals surface area contributed by atoms with Crippen LogP contribution in [0.25, 0.3) is 0 Å². The summed E-state index contributed by atoms with van der Waals surface area (Å²) in [7, 11) is 0. The van der Waals surface area contributed by atoms with Gasteiger partial charge < -0.3 is 9.47 Å². The quantitative estimate of drug-likeness (QED) is 0.677. The van der Waals surface area contributed by atoms with Crippen LogP contribution in [0, 0.1) is 35.0 Å². The van der Waals surface area contributed by atoms with Gasteiger partial charge in [-0.2, -0.15) is 0 Å². The Labute approximate surface area is 136 Å². The second kappa shape index (κ2) is 4.51. The Morgan fingerprint density at radius 1 is 0.864 bits per heavy atom. The van der Waals surface area contributed by atoms with Crippen molar-refractivity contribution in [2.24, 2.45) is 35.0 Å². The monoisotopic (exact) mass is 306 g/mol. The molecule has 3 saturated carbocycles. The van der Waals surface area contributed by atoms with Crippen molar-refractivity contribution < 1.29 is 9.47 Å². The summed E-state index contributed by atoms with van der Waals surface area (Å²) in [6.45, 7) is 14.3. The molecule has 0 aromatic heterocycles. The standard InChI is InChI=1S/C20H34O2/c1-12-7-8-15-14(12)10-17-19(5,11-18(15,3)4)22-20(6,21-17)16-9-13(16)2/h12-17H,7-11H2,1-6H3/t12-,13?,14?,15-,16?,17+,19-,20-/m1/s1. The topological polar surface area (TPSA) is 18.5 Å². The van der Waals surface area contributed by atoms with Crippen LogP contribution in [0.1, 0.15) is 73.6 Å². The smallest absolute Gasteiger partial charge is 0.169 e. The lowest BCUT2D eigenvalue weighted by molar-refractivity contribution is -0.198. The molecule has 1 saturated heterocycles. The van der Waals surface area contributed by atoms with Crippen LogP contribution >= 0.6 is 0 Å². The SMILES string of the molecule is CC1CC1[C@]1(C)O[C@H]2CC3[C@H](C)CC[C@H]3C(C)(C)C[C@@]2(C)O1. The van der Waals surface area contributed by atoms with Gasteiger partial charge in [0, 0.05) is 5.92 Å². The van der Waals surface area contributed by atoms with E-state index in [0.29, 0.717) is 17.4 Å². The van der Waals surface area contributed by atoms with Gasteiger partial charge in [-0.25, -0.2) is 0 Å². The van der Waals surface area contributed by atoms with E-state index in [1.165, 1.54) is 25.7 Å². The fourth-order valence-corrected chi connectivity index (χ4v) is 6.54. The van der Waals surface area contributed by atoms with Crippen molar-refractivity contribution in [3.05, 3.63) is 0 Å². The van der Waals surface area contributed by atoms with Crippen LogP contribution in [-0.4, -0.2) is 17.5 Å². The first-order valence-electron chi connectivity index (χ1n) is 9.53. The molecule has 0 bridgehead atoms. The minimum atomic E-state index is -0.330. The van der Waals surface area contributed by atoms with Crippen LogP contribution in [-0.2, 0) is 9.47 Å². The predicted octanol–water partition coefficient (Wildman–Crippen LogP) is 5.02. The van der Waals surface area contributed by atoms with Crippen molar-refractivity contribution >= 4 is 0 Å². The normalized spacial score (nSPS) is 59.7. The summed E-state index contributed by atoms with van der Waals surface area (Å²) in [5.41, 5.74) is 0.271. The van der Waals surface area contributed by atoms with E-state index in [9.17, 15) is 0 Å². The minimum absolute atomic E-state index is 0.0926. The molecule has 22 heavy (non-hydrogen) atoms. The van der Waals surface area contributed by atoms with Gasteiger partial charge in [0.25, 0.3) is 0 Å². The summed E-state index contributed by atoms with van der Waals surface area (Å²) in [4.78, 5) is 0. The highest BCUT2D eigenvalue weighted by Gasteiger charge is 2.64. The molecule has 0 spiro atoms. The van der Waals surface area contributed by atoms with Gasteiger partial charge in [0.05, 0.1) is 11.7 Å². The summed E-state index contributed by atoms with van der Waals surface area (Å²) < 4.78 is 13.4. The zero-order valence-corrected chi connectivity index (χ0v) is 15.3. The van der Waals surface area contributed by atoms with Crippen LogP contribution in [0.2, 0.25) is 0 Å². The molecule has 0 radical (unpaired) electrons. The second-order valence-electron chi connectivity index (χ2n) is 10.1. The maximum atomic E-state index is 6.73. The molecule has 0 aromatic carbocycles. The van der Waals surface area contributed by atoms with Gasteiger partial charge in [-0.3, -0.25) is 0 Å². The van der Waals surface area contributed by atoms with Crippen molar-refractivity contribution in [3.8, 4) is 0 Å². The third-order valence-electron chi connectivity index (χ3n) is 7.75. The van der Waals surface area contributed by atoms with Gasteiger partial charge in [-0.05, 0) is 68.6 Å². The highest BCUT2D eigenvalue weighted by Crippen LogP contribution is 2.61. The lowest BCUT2D eigenvalue weighted by Crippen LogP contribution is -2.41. The van der Waals surface area contributed by atoms with E-state index in [1.54, 1.807) is 0 Å². The molecule has 3 unspecified atom stereocenters. The fourth-order valence-electron chi connectivity index (χ4n) is 6.54. The summed E-state index contributed by atoms with van der Waals surface area (Å²) in [6, 6.07) is 0. The van der Waals surface area contributed by atoms with E-state index < -0.39 is 0 Å². The Hall–Kier alpha value is -0.0800. The summed E-state index contributed by atoms with van der Waals surface area (Å²) in [6.07, 6.45) is 6.72. The molecule has 4 rings (SSSR count). The Bertz CT molecular complexity index is 472. The molecule has 0 aromatic rings. The lowest BCUT2D eigenvalue weighted by atomic mass is 9.69. The molecule has 1 aliphatic heterocycles. The summed E-state index contributed by atoms with van der Waals surface area (Å²) in [5, 5.41) is 0. The third-order valence-corrected chi connectivity index (χ3v) is 7.75. The van der Waals surface area contributed by atoms with E-state index >= 15 is 0 Å². The van der Waals surface area contributed by atoms with Crippen LogP contribution < -0.4 is 0 Å². The lowest BCUT2D eigenvalue weighted by Gasteiger charge is -2.39. The Morgan fingerprint density at radius 2 is 1.55 bits per heavy atom. The Morgan fingerprint density at radius 3 is 2.18 bits per heavy atom. The molecule has 126 valence electrons. The van der Waals surface area contributed by atoms with Gasteiger partial charge in [-0.15, -0.1) is 0 Å². The first kappa shape index (κ1) is 15.4. The van der Waals surface area contributed by atoms with Crippen molar-refractivity contribution in [2.45, 2.75) is 91.1 Å². The van der Waals surface area contributed by atoms with Crippen LogP contribution in [0.3, 0.4) is 0 Å². The minimum Gasteiger partial charge on any atom is -0.344 e. The number of hydrogen-bond acceptors (Lipinski definition) is 2. The van der Waals surface area contributed by atoms with Gasteiger partial charge in [0.1, 0.15) is 0 Å². The van der Waals surface area contributed by atoms with Crippen LogP contribution in [0.15, 0.2) is 0 Å². The van der Waals surface area contributed by atoms with Crippen molar-refractivity contribution in [1.29, 1.82) is 0 Å². The van der Waals surface area contributed by atoms with E-state index in [4.69, 9.17) is 9.47 Å². The largest absolute Gasteiger partial charge is 0.344 e. The average molecular weight is 306 g/mol. The van der Waals surface area contributed by atoms with Gasteiger partial charge >= 0.3 is 0 Å². The van der Waals surface area contributed by atoms with Crippen LogP contribution in [0.5, 0.6) is 0 Å². The highest BCUT2D eigenvalue weighted by molar-refractivity contribution is 5.08. The highest BCUT2D eigenvalue weighted by atomic mass is 16.8. The maximum absolute atomic E-state index is 6.73.